The van der Waals surface area contributed by atoms with E-state index in [0.717, 1.165) is 21.7 Å². The molecule has 2 N–H and O–H groups in total. The number of para-hydroxylation sites is 1. The number of carbonyl (C=O) groups is 3. The van der Waals surface area contributed by atoms with E-state index >= 15 is 0 Å². The number of hydrogen-bond acceptors (Lipinski definition) is 3. The Bertz CT molecular complexity index is 1130. The smallest absolute Gasteiger partial charge is 0.325 e. The van der Waals surface area contributed by atoms with E-state index in [0.29, 0.717) is 5.69 Å². The lowest BCUT2D eigenvalue weighted by Gasteiger charge is -2.12. The first-order chi connectivity index (χ1) is 14.5. The summed E-state index contributed by atoms with van der Waals surface area (Å²) in [5.41, 5.74) is 3.55. The molecule has 1 fully saturated rings. The maximum Gasteiger partial charge on any atom is 0.329 e. The molecule has 150 valence electrons. The monoisotopic (exact) mass is 400 g/mol. The molecule has 30 heavy (non-hydrogen) atoms. The highest BCUT2D eigenvalue weighted by Gasteiger charge is 2.34. The molecular formula is C23H20N4O3. The van der Waals surface area contributed by atoms with Crippen LogP contribution in [0.15, 0.2) is 78.8 Å². The van der Waals surface area contributed by atoms with Crippen LogP contribution in [0.1, 0.15) is 11.1 Å². The van der Waals surface area contributed by atoms with Crippen LogP contribution >= 0.6 is 0 Å². The lowest BCUT2D eigenvalue weighted by molar-refractivity contribution is -0.127. The van der Waals surface area contributed by atoms with Gasteiger partial charge < -0.3 is 15.2 Å². The number of hydrogen-bond donors (Lipinski definition) is 2. The number of amides is 4. The highest BCUT2D eigenvalue weighted by atomic mass is 16.2. The number of rotatable bonds is 5. The Morgan fingerprint density at radius 1 is 1.03 bits per heavy atom. The Morgan fingerprint density at radius 2 is 1.77 bits per heavy atom. The minimum atomic E-state index is -0.618. The molecule has 0 spiro atoms. The minimum Gasteiger partial charge on any atom is -0.325 e. The average Bonchev–Trinajstić information content (AvgIpc) is 3.31. The molecule has 1 saturated heterocycles. The second-order valence-corrected chi connectivity index (χ2v) is 6.98. The molecule has 0 bridgehead atoms. The van der Waals surface area contributed by atoms with Gasteiger partial charge >= 0.3 is 6.03 Å². The van der Waals surface area contributed by atoms with Crippen molar-refractivity contribution in [3.63, 3.8) is 0 Å². The number of nitrogens with one attached hydrogen (secondary N) is 2. The predicted molar refractivity (Wildman–Crippen MR) is 114 cm³/mol. The highest BCUT2D eigenvalue weighted by Crippen LogP contribution is 2.17. The van der Waals surface area contributed by atoms with Crippen LogP contribution < -0.4 is 10.6 Å². The normalized spacial score (nSPS) is 14.8. The van der Waals surface area contributed by atoms with Gasteiger partial charge in [0.1, 0.15) is 12.2 Å². The molecule has 1 aromatic heterocycles. The maximum absolute atomic E-state index is 12.6. The summed E-state index contributed by atoms with van der Waals surface area (Å²) in [5.74, 6) is -0.981. The molecule has 0 aliphatic carbocycles. The standard InChI is InChI=1S/C23H20N4O3/c1-16-7-9-18(10-8-16)24-21(28)15-27-22(29)20(25-23(27)30)13-17-11-12-26(14-17)19-5-3-2-4-6-19/h2-14H,15H2,1H3,(H,24,28)(H,25,30)/b20-13+. The molecule has 7 nitrogen and oxygen atoms in total. The van der Waals surface area contributed by atoms with Gasteiger partial charge in [-0.3, -0.25) is 9.59 Å². The third-order valence-corrected chi connectivity index (χ3v) is 4.68. The lowest BCUT2D eigenvalue weighted by atomic mass is 10.2. The van der Waals surface area contributed by atoms with Crippen molar-refractivity contribution in [3.8, 4) is 5.69 Å². The van der Waals surface area contributed by atoms with Crippen LogP contribution in [0.4, 0.5) is 10.5 Å². The van der Waals surface area contributed by atoms with Gasteiger partial charge in [-0.15, -0.1) is 0 Å². The number of aryl methyl sites for hydroxylation is 1. The third-order valence-electron chi connectivity index (χ3n) is 4.68. The first-order valence-corrected chi connectivity index (χ1v) is 9.44. The second-order valence-electron chi connectivity index (χ2n) is 6.98. The van der Waals surface area contributed by atoms with Gasteiger partial charge in [0.2, 0.25) is 5.91 Å². The topological polar surface area (TPSA) is 83.4 Å². The molecule has 7 heteroatoms. The fourth-order valence-corrected chi connectivity index (χ4v) is 3.12. The molecule has 0 saturated carbocycles. The van der Waals surface area contributed by atoms with Crippen LogP contribution in [0.5, 0.6) is 0 Å². The fourth-order valence-electron chi connectivity index (χ4n) is 3.12. The molecular weight excluding hydrogens is 380 g/mol. The van der Waals surface area contributed by atoms with Gasteiger partial charge in [-0.1, -0.05) is 35.9 Å². The zero-order valence-electron chi connectivity index (χ0n) is 16.3. The minimum absolute atomic E-state index is 0.133. The van der Waals surface area contributed by atoms with Crippen LogP contribution in [0, 0.1) is 6.92 Å². The quantitative estimate of drug-likeness (QED) is 0.509. The van der Waals surface area contributed by atoms with Crippen LogP contribution in [-0.2, 0) is 9.59 Å². The number of nitrogens with zero attached hydrogens (tertiary/aromatic N) is 2. The Kier molecular flexibility index (Phi) is 5.17. The molecule has 2 heterocycles. The number of aromatic nitrogens is 1. The Hall–Kier alpha value is -4.13. The number of benzene rings is 2. The first kappa shape index (κ1) is 19.2. The van der Waals surface area contributed by atoms with Crippen molar-refractivity contribution < 1.29 is 14.4 Å². The molecule has 3 aromatic rings. The number of carbonyl (C=O) groups excluding carboxylic acids is 3. The predicted octanol–water partition coefficient (Wildman–Crippen LogP) is 3.32. The van der Waals surface area contributed by atoms with E-state index in [2.05, 4.69) is 10.6 Å². The molecule has 0 atom stereocenters. The molecule has 2 aromatic carbocycles. The Labute approximate surface area is 173 Å². The average molecular weight is 400 g/mol. The molecule has 4 rings (SSSR count). The fraction of sp³-hybridized carbons (Fsp3) is 0.0870. The van der Waals surface area contributed by atoms with E-state index in [1.165, 1.54) is 0 Å². The van der Waals surface area contributed by atoms with Crippen LogP contribution in [-0.4, -0.2) is 33.9 Å². The van der Waals surface area contributed by atoms with Crippen molar-refractivity contribution in [2.75, 3.05) is 11.9 Å². The lowest BCUT2D eigenvalue weighted by Crippen LogP contribution is -2.38. The van der Waals surface area contributed by atoms with Gasteiger partial charge in [0.15, 0.2) is 0 Å². The van der Waals surface area contributed by atoms with Gasteiger partial charge in [0, 0.05) is 23.8 Å². The molecule has 0 unspecified atom stereocenters. The highest BCUT2D eigenvalue weighted by molar-refractivity contribution is 6.15. The van der Waals surface area contributed by atoms with Crippen molar-refractivity contribution >= 4 is 29.6 Å². The second kappa shape index (κ2) is 8.08. The third kappa shape index (κ3) is 4.15. The number of anilines is 1. The van der Waals surface area contributed by atoms with Crippen molar-refractivity contribution in [1.82, 2.24) is 14.8 Å². The molecule has 1 aliphatic rings. The summed E-state index contributed by atoms with van der Waals surface area (Å²) in [6.07, 6.45) is 5.32. The van der Waals surface area contributed by atoms with Crippen molar-refractivity contribution in [3.05, 3.63) is 89.9 Å². The summed E-state index contributed by atoms with van der Waals surface area (Å²) >= 11 is 0. The largest absolute Gasteiger partial charge is 0.329 e. The summed E-state index contributed by atoms with van der Waals surface area (Å²) < 4.78 is 1.92. The van der Waals surface area contributed by atoms with E-state index in [9.17, 15) is 14.4 Å². The summed E-state index contributed by atoms with van der Waals surface area (Å²) in [6.45, 7) is 1.58. The van der Waals surface area contributed by atoms with E-state index in [-0.39, 0.29) is 12.2 Å². The number of urea groups is 1. The Balaban J connectivity index is 1.44. The van der Waals surface area contributed by atoms with Crippen LogP contribution in [0.3, 0.4) is 0 Å². The van der Waals surface area contributed by atoms with E-state index in [1.54, 1.807) is 18.2 Å². The van der Waals surface area contributed by atoms with Crippen molar-refractivity contribution in [1.29, 1.82) is 0 Å². The van der Waals surface area contributed by atoms with E-state index < -0.39 is 17.8 Å². The van der Waals surface area contributed by atoms with Gasteiger partial charge in [-0.25, -0.2) is 9.69 Å². The van der Waals surface area contributed by atoms with Crippen LogP contribution in [0.2, 0.25) is 0 Å². The summed E-state index contributed by atoms with van der Waals surface area (Å²) in [7, 11) is 0. The maximum atomic E-state index is 12.6. The molecule has 1 aliphatic heterocycles. The van der Waals surface area contributed by atoms with Crippen LogP contribution in [0.25, 0.3) is 11.8 Å². The van der Waals surface area contributed by atoms with Gasteiger partial charge in [0.25, 0.3) is 5.91 Å². The zero-order valence-corrected chi connectivity index (χ0v) is 16.3. The van der Waals surface area contributed by atoms with Gasteiger partial charge in [0.05, 0.1) is 0 Å². The summed E-state index contributed by atoms with van der Waals surface area (Å²) in [4.78, 5) is 38.0. The SMILES string of the molecule is Cc1ccc(NC(=O)CN2C(=O)N/C(=C/c3ccn(-c4ccccc4)c3)C2=O)cc1. The summed E-state index contributed by atoms with van der Waals surface area (Å²) in [5, 5.41) is 5.22. The molecule has 0 radical (unpaired) electrons. The van der Waals surface area contributed by atoms with Gasteiger partial charge in [-0.2, -0.15) is 0 Å². The summed E-state index contributed by atoms with van der Waals surface area (Å²) in [6, 6.07) is 18.2. The Morgan fingerprint density at radius 3 is 2.50 bits per heavy atom. The van der Waals surface area contributed by atoms with E-state index in [4.69, 9.17) is 0 Å². The number of imide groups is 1. The zero-order chi connectivity index (χ0) is 21.1. The van der Waals surface area contributed by atoms with Crippen molar-refractivity contribution in [2.24, 2.45) is 0 Å². The first-order valence-electron chi connectivity index (χ1n) is 9.44. The van der Waals surface area contributed by atoms with Crippen molar-refractivity contribution in [2.45, 2.75) is 6.92 Å². The molecule has 4 amide bonds. The van der Waals surface area contributed by atoms with E-state index in [1.807, 2.05) is 72.4 Å². The van der Waals surface area contributed by atoms with Gasteiger partial charge in [-0.05, 0) is 48.9 Å².